The van der Waals surface area contributed by atoms with Crippen LogP contribution in [0.4, 0.5) is 13.2 Å². The summed E-state index contributed by atoms with van der Waals surface area (Å²) in [7, 11) is 0. The molecule has 0 unspecified atom stereocenters. The first-order valence-corrected chi connectivity index (χ1v) is 10.0. The second-order valence-corrected chi connectivity index (χ2v) is 8.11. The SMILES string of the molecule is CC[C@@H]1CCN(C(=O)c2ccc(-c3noc(C(F)(F)F)c3C)s2)C[C@@H]1CC. The highest BCUT2D eigenvalue weighted by Crippen LogP contribution is 2.38. The van der Waals surface area contributed by atoms with Gasteiger partial charge in [0.05, 0.1) is 9.75 Å². The molecule has 1 aliphatic heterocycles. The first-order valence-electron chi connectivity index (χ1n) is 9.19. The number of likely N-dealkylation sites (tertiary alicyclic amines) is 1. The van der Waals surface area contributed by atoms with Gasteiger partial charge in [-0.25, -0.2) is 0 Å². The van der Waals surface area contributed by atoms with Gasteiger partial charge in [-0.15, -0.1) is 11.3 Å². The maximum Gasteiger partial charge on any atom is 0.452 e. The average Bonchev–Trinajstić information content (AvgIpc) is 3.26. The molecule has 0 saturated carbocycles. The van der Waals surface area contributed by atoms with E-state index in [9.17, 15) is 18.0 Å². The van der Waals surface area contributed by atoms with E-state index in [2.05, 4.69) is 23.5 Å². The van der Waals surface area contributed by atoms with Gasteiger partial charge >= 0.3 is 6.18 Å². The lowest BCUT2D eigenvalue weighted by Gasteiger charge is -2.37. The van der Waals surface area contributed by atoms with E-state index in [-0.39, 0.29) is 17.2 Å². The maximum atomic E-state index is 12.9. The Kier molecular flexibility index (Phi) is 5.65. The molecule has 0 aliphatic carbocycles. The van der Waals surface area contributed by atoms with E-state index >= 15 is 0 Å². The molecule has 27 heavy (non-hydrogen) atoms. The summed E-state index contributed by atoms with van der Waals surface area (Å²) in [4.78, 5) is 15.8. The molecule has 2 aromatic heterocycles. The molecule has 0 spiro atoms. The predicted molar refractivity (Wildman–Crippen MR) is 97.6 cm³/mol. The molecule has 8 heteroatoms. The highest BCUT2D eigenvalue weighted by molar-refractivity contribution is 7.17. The molecule has 3 heterocycles. The summed E-state index contributed by atoms with van der Waals surface area (Å²) >= 11 is 1.16. The lowest BCUT2D eigenvalue weighted by atomic mass is 9.82. The summed E-state index contributed by atoms with van der Waals surface area (Å²) in [6.45, 7) is 7.13. The number of thiophene rings is 1. The fraction of sp³-hybridized carbons (Fsp3) is 0.579. The Morgan fingerprint density at radius 3 is 2.59 bits per heavy atom. The van der Waals surface area contributed by atoms with Crippen LogP contribution in [0.1, 0.15) is 54.1 Å². The highest BCUT2D eigenvalue weighted by atomic mass is 32.1. The van der Waals surface area contributed by atoms with Crippen molar-refractivity contribution in [2.45, 2.75) is 46.2 Å². The van der Waals surface area contributed by atoms with Crippen LogP contribution >= 0.6 is 11.3 Å². The molecule has 4 nitrogen and oxygen atoms in total. The Morgan fingerprint density at radius 1 is 1.30 bits per heavy atom. The number of hydrogen-bond donors (Lipinski definition) is 0. The molecule has 1 aliphatic rings. The van der Waals surface area contributed by atoms with E-state index in [1.807, 2.05) is 4.90 Å². The van der Waals surface area contributed by atoms with Crippen molar-refractivity contribution in [1.29, 1.82) is 0 Å². The van der Waals surface area contributed by atoms with Crippen LogP contribution < -0.4 is 0 Å². The number of carbonyl (C=O) groups is 1. The quantitative estimate of drug-likeness (QED) is 0.668. The summed E-state index contributed by atoms with van der Waals surface area (Å²) in [5.74, 6) is -0.00146. The Hall–Kier alpha value is -1.83. The minimum absolute atomic E-state index is 0.0573. The van der Waals surface area contributed by atoms with Crippen LogP contribution in [-0.4, -0.2) is 29.1 Å². The molecule has 2 atom stereocenters. The van der Waals surface area contributed by atoms with E-state index < -0.39 is 11.9 Å². The molecule has 2 aromatic rings. The third-order valence-corrected chi connectivity index (χ3v) is 6.54. The van der Waals surface area contributed by atoms with Crippen molar-refractivity contribution < 1.29 is 22.5 Å². The molecule has 0 radical (unpaired) electrons. The highest BCUT2D eigenvalue weighted by Gasteiger charge is 2.39. The number of aromatic nitrogens is 1. The number of piperidine rings is 1. The van der Waals surface area contributed by atoms with Crippen molar-refractivity contribution in [3.05, 3.63) is 28.3 Å². The zero-order valence-electron chi connectivity index (χ0n) is 15.6. The molecule has 0 N–H and O–H groups in total. The number of nitrogens with zero attached hydrogens (tertiary/aromatic N) is 2. The van der Waals surface area contributed by atoms with Crippen LogP contribution in [0.2, 0.25) is 0 Å². The van der Waals surface area contributed by atoms with Crippen LogP contribution in [0, 0.1) is 18.8 Å². The lowest BCUT2D eigenvalue weighted by Crippen LogP contribution is -2.43. The van der Waals surface area contributed by atoms with E-state index in [1.54, 1.807) is 12.1 Å². The summed E-state index contributed by atoms with van der Waals surface area (Å²) in [5.41, 5.74) is 0.0839. The lowest BCUT2D eigenvalue weighted by molar-refractivity contribution is -0.156. The van der Waals surface area contributed by atoms with Gasteiger partial charge in [0, 0.05) is 18.7 Å². The molecule has 0 bridgehead atoms. The number of halogens is 3. The third kappa shape index (κ3) is 3.90. The van der Waals surface area contributed by atoms with Crippen molar-refractivity contribution >= 4 is 17.2 Å². The monoisotopic (exact) mass is 400 g/mol. The van der Waals surface area contributed by atoms with E-state index in [0.717, 1.165) is 43.7 Å². The van der Waals surface area contributed by atoms with Gasteiger partial charge in [-0.3, -0.25) is 4.79 Å². The normalized spacial score (nSPS) is 20.9. The zero-order chi connectivity index (χ0) is 19.8. The van der Waals surface area contributed by atoms with Gasteiger partial charge in [0.2, 0.25) is 5.76 Å². The second-order valence-electron chi connectivity index (χ2n) is 7.02. The second kappa shape index (κ2) is 7.66. The van der Waals surface area contributed by atoms with Crippen molar-refractivity contribution in [2.75, 3.05) is 13.1 Å². The Bertz CT molecular complexity index is 812. The molecule has 1 amide bonds. The summed E-state index contributed by atoms with van der Waals surface area (Å²) in [6, 6.07) is 3.30. The summed E-state index contributed by atoms with van der Waals surface area (Å²) in [5, 5.41) is 3.57. The number of carbonyl (C=O) groups excluding carboxylic acids is 1. The van der Waals surface area contributed by atoms with Crippen molar-refractivity contribution in [1.82, 2.24) is 10.1 Å². The number of amides is 1. The number of rotatable bonds is 4. The molecule has 1 saturated heterocycles. The molecule has 3 rings (SSSR count). The predicted octanol–water partition coefficient (Wildman–Crippen LogP) is 5.63. The maximum absolute atomic E-state index is 12.9. The standard InChI is InChI=1S/C19H23F3N2O2S/c1-4-12-8-9-24(10-13(12)5-2)18(25)15-7-6-14(27-15)16-11(3)17(26-23-16)19(20,21)22/h6-7,12-13H,4-5,8-10H2,1-3H3/t12-,13+/m1/s1. The molecule has 1 fully saturated rings. The topological polar surface area (TPSA) is 46.3 Å². The molecule has 148 valence electrons. The van der Waals surface area contributed by atoms with E-state index in [0.29, 0.717) is 21.6 Å². The van der Waals surface area contributed by atoms with Gasteiger partial charge in [-0.2, -0.15) is 13.2 Å². The smallest absolute Gasteiger partial charge is 0.351 e. The fourth-order valence-corrected chi connectivity index (χ4v) is 4.84. The van der Waals surface area contributed by atoms with Gasteiger partial charge in [0.15, 0.2) is 0 Å². The van der Waals surface area contributed by atoms with Crippen LogP contribution in [-0.2, 0) is 6.18 Å². The molecular formula is C19H23F3N2O2S. The fourth-order valence-electron chi connectivity index (χ4n) is 3.83. The minimum Gasteiger partial charge on any atom is -0.351 e. The van der Waals surface area contributed by atoms with Crippen molar-refractivity contribution in [3.8, 4) is 10.6 Å². The summed E-state index contributed by atoms with van der Waals surface area (Å²) < 4.78 is 43.2. The molecular weight excluding hydrogens is 377 g/mol. The molecule has 0 aromatic carbocycles. The van der Waals surface area contributed by atoms with E-state index in [4.69, 9.17) is 0 Å². The van der Waals surface area contributed by atoms with Crippen LogP contribution in [0.3, 0.4) is 0 Å². The number of alkyl halides is 3. The zero-order valence-corrected chi connectivity index (χ0v) is 16.4. The van der Waals surface area contributed by atoms with E-state index in [1.165, 1.54) is 6.92 Å². The van der Waals surface area contributed by atoms with Gasteiger partial charge in [-0.1, -0.05) is 31.8 Å². The third-order valence-electron chi connectivity index (χ3n) is 5.46. The van der Waals surface area contributed by atoms with Gasteiger partial charge in [-0.05, 0) is 37.3 Å². The van der Waals surface area contributed by atoms with Crippen molar-refractivity contribution in [2.24, 2.45) is 11.8 Å². The first-order chi connectivity index (χ1) is 12.8. The average molecular weight is 400 g/mol. The Balaban J connectivity index is 1.78. The van der Waals surface area contributed by atoms with Gasteiger partial charge in [0.1, 0.15) is 5.69 Å². The Labute approximate surface area is 160 Å². The number of hydrogen-bond acceptors (Lipinski definition) is 4. The Morgan fingerprint density at radius 2 is 2.00 bits per heavy atom. The minimum atomic E-state index is -4.58. The van der Waals surface area contributed by atoms with Gasteiger partial charge < -0.3 is 9.42 Å². The first kappa shape index (κ1) is 19.9. The van der Waals surface area contributed by atoms with Crippen molar-refractivity contribution in [3.63, 3.8) is 0 Å². The van der Waals surface area contributed by atoms with Crippen LogP contribution in [0.25, 0.3) is 10.6 Å². The van der Waals surface area contributed by atoms with Crippen LogP contribution in [0.15, 0.2) is 16.7 Å². The van der Waals surface area contributed by atoms with Gasteiger partial charge in [0.25, 0.3) is 5.91 Å². The summed E-state index contributed by atoms with van der Waals surface area (Å²) in [6.07, 6.45) is -1.42. The van der Waals surface area contributed by atoms with Crippen LogP contribution in [0.5, 0.6) is 0 Å². The largest absolute Gasteiger partial charge is 0.452 e.